The van der Waals surface area contributed by atoms with Gasteiger partial charge in [-0.1, -0.05) is 60.7 Å². The second kappa shape index (κ2) is 7.31. The van der Waals surface area contributed by atoms with E-state index in [0.29, 0.717) is 18.0 Å². The van der Waals surface area contributed by atoms with Crippen LogP contribution in [0.5, 0.6) is 11.5 Å². The molecule has 0 aliphatic carbocycles. The average Bonchev–Trinajstić information content (AvgIpc) is 2.72. The van der Waals surface area contributed by atoms with Gasteiger partial charge in [0.2, 0.25) is 6.10 Å². The van der Waals surface area contributed by atoms with Crippen LogP contribution in [0.4, 0.5) is 5.69 Å². The number of nitrogens with zero attached hydrogens (tertiary/aromatic N) is 1. The lowest BCUT2D eigenvalue weighted by Crippen LogP contribution is -2.46. The number of benzene rings is 3. The lowest BCUT2D eigenvalue weighted by atomic mass is 10.1. The molecule has 0 spiro atoms. The van der Waals surface area contributed by atoms with E-state index in [2.05, 4.69) is 0 Å². The molecule has 0 fully saturated rings. The van der Waals surface area contributed by atoms with Gasteiger partial charge in [0.25, 0.3) is 5.91 Å². The number of hydrogen-bond acceptors (Lipinski definition) is 3. The molecule has 0 N–H and O–H groups in total. The predicted molar refractivity (Wildman–Crippen MR) is 100 cm³/mol. The number of rotatable bonds is 4. The van der Waals surface area contributed by atoms with Crippen molar-refractivity contribution in [3.8, 4) is 11.5 Å². The summed E-state index contributed by atoms with van der Waals surface area (Å²) in [4.78, 5) is 15.0. The van der Waals surface area contributed by atoms with E-state index in [0.717, 1.165) is 11.3 Å². The Morgan fingerprint density at radius 3 is 2.19 bits per heavy atom. The molecule has 4 rings (SSSR count). The van der Waals surface area contributed by atoms with Gasteiger partial charge in [0.05, 0.1) is 6.54 Å². The second-order valence-electron chi connectivity index (χ2n) is 6.11. The van der Waals surface area contributed by atoms with Crippen molar-refractivity contribution in [1.29, 1.82) is 0 Å². The van der Waals surface area contributed by atoms with Crippen LogP contribution in [0, 0.1) is 0 Å². The predicted octanol–water partition coefficient (Wildman–Crippen LogP) is 4.06. The smallest absolute Gasteiger partial charge is 0.271 e. The van der Waals surface area contributed by atoms with Crippen molar-refractivity contribution in [3.63, 3.8) is 0 Å². The lowest BCUT2D eigenvalue weighted by molar-refractivity contribution is -0.127. The number of amides is 1. The Hall–Kier alpha value is -3.27. The molecule has 4 heteroatoms. The van der Waals surface area contributed by atoms with Gasteiger partial charge in [-0.3, -0.25) is 4.79 Å². The number of carbonyl (C=O) groups excluding carboxylic acids is 1. The Labute approximate surface area is 152 Å². The van der Waals surface area contributed by atoms with Gasteiger partial charge in [0, 0.05) is 5.69 Å². The molecule has 26 heavy (non-hydrogen) atoms. The molecule has 1 atom stereocenters. The fraction of sp³-hybridized carbons (Fsp3) is 0.136. The maximum absolute atomic E-state index is 13.2. The molecular formula is C22H19NO3. The fourth-order valence-electron chi connectivity index (χ4n) is 2.99. The molecule has 0 saturated carbocycles. The minimum absolute atomic E-state index is 0.116. The second-order valence-corrected chi connectivity index (χ2v) is 6.11. The number of hydrogen-bond donors (Lipinski definition) is 0. The van der Waals surface area contributed by atoms with E-state index >= 15 is 0 Å². The molecule has 3 aromatic carbocycles. The molecule has 1 heterocycles. The van der Waals surface area contributed by atoms with Crippen molar-refractivity contribution < 1.29 is 14.3 Å². The van der Waals surface area contributed by atoms with Crippen molar-refractivity contribution >= 4 is 11.6 Å². The molecule has 3 aromatic rings. The van der Waals surface area contributed by atoms with Crippen LogP contribution in [0.1, 0.15) is 5.56 Å². The van der Waals surface area contributed by atoms with E-state index in [1.807, 2.05) is 84.9 Å². The summed E-state index contributed by atoms with van der Waals surface area (Å²) in [5.74, 6) is 1.16. The van der Waals surface area contributed by atoms with Crippen molar-refractivity contribution in [2.45, 2.75) is 12.6 Å². The van der Waals surface area contributed by atoms with E-state index in [4.69, 9.17) is 9.47 Å². The van der Waals surface area contributed by atoms with Crippen LogP contribution < -0.4 is 14.4 Å². The normalized spacial score (nSPS) is 15.3. The van der Waals surface area contributed by atoms with Crippen LogP contribution in [-0.4, -0.2) is 18.6 Å². The quantitative estimate of drug-likeness (QED) is 0.716. The Bertz CT molecular complexity index is 880. The zero-order chi connectivity index (χ0) is 17.8. The minimum atomic E-state index is -0.672. The first-order chi connectivity index (χ1) is 12.8. The van der Waals surface area contributed by atoms with Crippen molar-refractivity contribution in [2.24, 2.45) is 0 Å². The van der Waals surface area contributed by atoms with E-state index in [9.17, 15) is 4.79 Å². The largest absolute Gasteiger partial charge is 0.485 e. The zero-order valence-electron chi connectivity index (χ0n) is 14.2. The molecule has 0 radical (unpaired) electrons. The van der Waals surface area contributed by atoms with Gasteiger partial charge < -0.3 is 14.4 Å². The Morgan fingerprint density at radius 1 is 0.846 bits per heavy atom. The highest BCUT2D eigenvalue weighted by molar-refractivity contribution is 5.97. The summed E-state index contributed by atoms with van der Waals surface area (Å²) < 4.78 is 11.6. The van der Waals surface area contributed by atoms with E-state index < -0.39 is 6.10 Å². The van der Waals surface area contributed by atoms with Crippen molar-refractivity contribution in [1.82, 2.24) is 0 Å². The molecule has 0 saturated heterocycles. The highest BCUT2D eigenvalue weighted by Gasteiger charge is 2.31. The molecule has 0 aromatic heterocycles. The Kier molecular flexibility index (Phi) is 4.56. The van der Waals surface area contributed by atoms with Gasteiger partial charge in [-0.2, -0.15) is 0 Å². The zero-order valence-corrected chi connectivity index (χ0v) is 14.2. The third-order valence-corrected chi connectivity index (χ3v) is 4.30. The van der Waals surface area contributed by atoms with Gasteiger partial charge in [0.1, 0.15) is 6.61 Å². The van der Waals surface area contributed by atoms with E-state index in [-0.39, 0.29) is 12.5 Å². The SMILES string of the molecule is O=C([C@H]1COc2ccccc2O1)N(Cc1ccccc1)c1ccccc1. The third kappa shape index (κ3) is 3.40. The molecule has 1 aliphatic rings. The first-order valence-corrected chi connectivity index (χ1v) is 8.60. The monoisotopic (exact) mass is 345 g/mol. The van der Waals surface area contributed by atoms with Crippen LogP contribution >= 0.6 is 0 Å². The van der Waals surface area contributed by atoms with Gasteiger partial charge in [0.15, 0.2) is 11.5 Å². The lowest BCUT2D eigenvalue weighted by Gasteiger charge is -2.31. The van der Waals surface area contributed by atoms with E-state index in [1.165, 1.54) is 0 Å². The maximum Gasteiger partial charge on any atom is 0.271 e. The molecule has 0 unspecified atom stereocenters. The molecule has 130 valence electrons. The molecule has 1 amide bonds. The first kappa shape index (κ1) is 16.2. The summed E-state index contributed by atoms with van der Waals surface area (Å²) in [6.45, 7) is 0.680. The van der Waals surface area contributed by atoms with Crippen LogP contribution in [0.3, 0.4) is 0 Å². The van der Waals surface area contributed by atoms with Gasteiger partial charge in [-0.15, -0.1) is 0 Å². The Morgan fingerprint density at radius 2 is 1.46 bits per heavy atom. The number of fused-ring (bicyclic) bond motifs is 1. The molecule has 4 nitrogen and oxygen atoms in total. The number of ether oxygens (including phenoxy) is 2. The number of carbonyl (C=O) groups is 1. The summed E-state index contributed by atoms with van der Waals surface area (Å²) >= 11 is 0. The highest BCUT2D eigenvalue weighted by Crippen LogP contribution is 2.32. The van der Waals surface area contributed by atoms with Gasteiger partial charge in [-0.25, -0.2) is 0 Å². The van der Waals surface area contributed by atoms with Gasteiger partial charge >= 0.3 is 0 Å². The van der Waals surface area contributed by atoms with Crippen molar-refractivity contribution in [2.75, 3.05) is 11.5 Å². The fourth-order valence-corrected chi connectivity index (χ4v) is 2.99. The summed E-state index contributed by atoms with van der Waals surface area (Å²) in [5, 5.41) is 0. The first-order valence-electron chi connectivity index (χ1n) is 8.60. The molecular weight excluding hydrogens is 326 g/mol. The number of para-hydroxylation sites is 3. The topological polar surface area (TPSA) is 38.8 Å². The maximum atomic E-state index is 13.2. The molecule has 1 aliphatic heterocycles. The van der Waals surface area contributed by atoms with Gasteiger partial charge in [-0.05, 0) is 29.8 Å². The average molecular weight is 345 g/mol. The van der Waals surface area contributed by atoms with Crippen LogP contribution in [0.15, 0.2) is 84.9 Å². The third-order valence-electron chi connectivity index (χ3n) is 4.30. The molecule has 0 bridgehead atoms. The Balaban J connectivity index is 1.60. The summed E-state index contributed by atoms with van der Waals surface area (Å²) in [6, 6.07) is 27.0. The summed E-state index contributed by atoms with van der Waals surface area (Å²) in [5.41, 5.74) is 1.89. The number of anilines is 1. The highest BCUT2D eigenvalue weighted by atomic mass is 16.6. The summed E-state index contributed by atoms with van der Waals surface area (Å²) in [7, 11) is 0. The van der Waals surface area contributed by atoms with E-state index in [1.54, 1.807) is 4.90 Å². The van der Waals surface area contributed by atoms with Crippen LogP contribution in [0.25, 0.3) is 0 Å². The summed E-state index contributed by atoms with van der Waals surface area (Å²) in [6.07, 6.45) is -0.672. The standard InChI is InChI=1S/C22H19NO3/c24-22(21-16-25-19-13-7-8-14-20(19)26-21)23(18-11-5-2-6-12-18)15-17-9-3-1-4-10-17/h1-14,21H,15-16H2/t21-/m1/s1. The van der Waals surface area contributed by atoms with Crippen molar-refractivity contribution in [3.05, 3.63) is 90.5 Å². The van der Waals surface area contributed by atoms with Crippen LogP contribution in [0.2, 0.25) is 0 Å². The van der Waals surface area contributed by atoms with Crippen LogP contribution in [-0.2, 0) is 11.3 Å². The minimum Gasteiger partial charge on any atom is -0.485 e.